The van der Waals surface area contributed by atoms with Crippen LogP contribution in [0.4, 0.5) is 10.2 Å². The standard InChI is InChI=1S/C20H20FN3O/c1-15-7-9-17(10-8-15)13-22-19-18(21)14-23-20(24-19)25-12-11-16-5-3-2-4-6-16/h2-10,14H,11-13H2,1H3,(H,22,23,24). The fourth-order valence-corrected chi connectivity index (χ4v) is 2.34. The summed E-state index contributed by atoms with van der Waals surface area (Å²) in [6.07, 6.45) is 1.87. The first-order valence-electron chi connectivity index (χ1n) is 8.19. The van der Waals surface area contributed by atoms with E-state index in [0.717, 1.165) is 18.2 Å². The Kier molecular flexibility index (Phi) is 5.57. The summed E-state index contributed by atoms with van der Waals surface area (Å²) in [6.45, 7) is 2.95. The molecule has 5 heteroatoms. The molecule has 3 aromatic rings. The van der Waals surface area contributed by atoms with Crippen molar-refractivity contribution in [2.24, 2.45) is 0 Å². The summed E-state index contributed by atoms with van der Waals surface area (Å²) in [4.78, 5) is 8.01. The number of halogens is 1. The van der Waals surface area contributed by atoms with Crippen LogP contribution in [0.2, 0.25) is 0 Å². The molecule has 0 bridgehead atoms. The smallest absolute Gasteiger partial charge is 0.318 e. The van der Waals surface area contributed by atoms with Crippen LogP contribution in [-0.2, 0) is 13.0 Å². The molecule has 0 spiro atoms. The number of nitrogens with zero attached hydrogens (tertiary/aromatic N) is 2. The van der Waals surface area contributed by atoms with Gasteiger partial charge in [-0.15, -0.1) is 0 Å². The Bertz CT molecular complexity index is 807. The molecule has 0 saturated carbocycles. The summed E-state index contributed by atoms with van der Waals surface area (Å²) in [5.41, 5.74) is 3.41. The van der Waals surface area contributed by atoms with Crippen LogP contribution in [0.15, 0.2) is 60.8 Å². The van der Waals surface area contributed by atoms with E-state index in [2.05, 4.69) is 15.3 Å². The number of aryl methyl sites for hydroxylation is 1. The molecule has 4 nitrogen and oxygen atoms in total. The Labute approximate surface area is 146 Å². The predicted octanol–water partition coefficient (Wildman–Crippen LogP) is 4.16. The van der Waals surface area contributed by atoms with E-state index in [1.807, 2.05) is 61.5 Å². The average molecular weight is 337 g/mol. The second kappa shape index (κ2) is 8.24. The first kappa shape index (κ1) is 16.9. The minimum Gasteiger partial charge on any atom is -0.463 e. The van der Waals surface area contributed by atoms with E-state index >= 15 is 0 Å². The normalized spacial score (nSPS) is 10.5. The molecule has 2 aromatic carbocycles. The van der Waals surface area contributed by atoms with Crippen molar-refractivity contribution in [2.75, 3.05) is 11.9 Å². The number of rotatable bonds is 7. The summed E-state index contributed by atoms with van der Waals surface area (Å²) in [5, 5.41) is 2.99. The van der Waals surface area contributed by atoms with E-state index in [1.165, 1.54) is 11.1 Å². The number of aromatic nitrogens is 2. The van der Waals surface area contributed by atoms with Crippen LogP contribution in [0, 0.1) is 12.7 Å². The summed E-state index contributed by atoms with van der Waals surface area (Å²) in [7, 11) is 0. The Hall–Kier alpha value is -2.95. The van der Waals surface area contributed by atoms with Crippen molar-refractivity contribution in [1.82, 2.24) is 9.97 Å². The zero-order valence-electron chi connectivity index (χ0n) is 14.1. The highest BCUT2D eigenvalue weighted by atomic mass is 19.1. The number of hydrogen-bond donors (Lipinski definition) is 1. The van der Waals surface area contributed by atoms with Crippen molar-refractivity contribution in [1.29, 1.82) is 0 Å². The Morgan fingerprint density at radius 2 is 1.76 bits per heavy atom. The van der Waals surface area contributed by atoms with Gasteiger partial charge in [0.2, 0.25) is 0 Å². The molecule has 0 aliphatic heterocycles. The van der Waals surface area contributed by atoms with Gasteiger partial charge in [-0.3, -0.25) is 0 Å². The van der Waals surface area contributed by atoms with E-state index < -0.39 is 5.82 Å². The van der Waals surface area contributed by atoms with Gasteiger partial charge in [-0.25, -0.2) is 9.37 Å². The first-order valence-corrected chi connectivity index (χ1v) is 8.19. The second-order valence-electron chi connectivity index (χ2n) is 5.77. The molecule has 25 heavy (non-hydrogen) atoms. The number of ether oxygens (including phenoxy) is 1. The van der Waals surface area contributed by atoms with Crippen LogP contribution in [0.5, 0.6) is 6.01 Å². The highest BCUT2D eigenvalue weighted by Crippen LogP contribution is 2.15. The largest absolute Gasteiger partial charge is 0.463 e. The molecule has 3 rings (SSSR count). The predicted molar refractivity (Wildman–Crippen MR) is 96.1 cm³/mol. The van der Waals surface area contributed by atoms with E-state index in [1.54, 1.807) is 0 Å². The SMILES string of the molecule is Cc1ccc(CNc2nc(OCCc3ccccc3)ncc2F)cc1. The molecule has 1 heterocycles. The zero-order chi connectivity index (χ0) is 17.5. The van der Waals surface area contributed by atoms with Crippen LogP contribution in [-0.4, -0.2) is 16.6 Å². The van der Waals surface area contributed by atoms with Crippen molar-refractivity contribution in [3.63, 3.8) is 0 Å². The van der Waals surface area contributed by atoms with Gasteiger partial charge in [0.1, 0.15) is 0 Å². The first-order chi connectivity index (χ1) is 12.2. The molecule has 0 amide bonds. The van der Waals surface area contributed by atoms with E-state index in [0.29, 0.717) is 13.2 Å². The van der Waals surface area contributed by atoms with E-state index in [9.17, 15) is 4.39 Å². The minimum absolute atomic E-state index is 0.144. The van der Waals surface area contributed by atoms with Crippen molar-refractivity contribution in [2.45, 2.75) is 19.9 Å². The fourth-order valence-electron chi connectivity index (χ4n) is 2.34. The quantitative estimate of drug-likeness (QED) is 0.703. The average Bonchev–Trinajstić information content (AvgIpc) is 2.64. The number of nitrogens with one attached hydrogen (secondary N) is 1. The number of benzene rings is 2. The summed E-state index contributed by atoms with van der Waals surface area (Å²) in [6, 6.07) is 18.2. The molecule has 0 saturated heterocycles. The third kappa shape index (κ3) is 5.01. The lowest BCUT2D eigenvalue weighted by Crippen LogP contribution is -2.08. The molecule has 0 fully saturated rings. The molecular weight excluding hydrogens is 317 g/mol. The molecule has 0 aliphatic carbocycles. The number of hydrogen-bond acceptors (Lipinski definition) is 4. The van der Waals surface area contributed by atoms with Gasteiger partial charge >= 0.3 is 6.01 Å². The molecule has 128 valence electrons. The molecule has 0 unspecified atom stereocenters. The molecular formula is C20H20FN3O. The van der Waals surface area contributed by atoms with Crippen LogP contribution in [0.25, 0.3) is 0 Å². The van der Waals surface area contributed by atoms with Gasteiger partial charge in [-0.2, -0.15) is 4.98 Å². The molecule has 1 aromatic heterocycles. The van der Waals surface area contributed by atoms with Crippen LogP contribution in [0.3, 0.4) is 0 Å². The maximum absolute atomic E-state index is 13.9. The van der Waals surface area contributed by atoms with Gasteiger partial charge in [0.25, 0.3) is 0 Å². The molecule has 1 N–H and O–H groups in total. The maximum atomic E-state index is 13.9. The van der Waals surface area contributed by atoms with Crippen LogP contribution < -0.4 is 10.1 Å². The third-order valence-corrected chi connectivity index (χ3v) is 3.77. The van der Waals surface area contributed by atoms with Gasteiger partial charge in [-0.05, 0) is 18.1 Å². The zero-order valence-corrected chi connectivity index (χ0v) is 14.1. The summed E-state index contributed by atoms with van der Waals surface area (Å²) >= 11 is 0. The lowest BCUT2D eigenvalue weighted by Gasteiger charge is -2.09. The van der Waals surface area contributed by atoms with Gasteiger partial charge in [0, 0.05) is 13.0 Å². The summed E-state index contributed by atoms with van der Waals surface area (Å²) < 4.78 is 19.4. The summed E-state index contributed by atoms with van der Waals surface area (Å²) in [5.74, 6) is -0.354. The molecule has 0 atom stereocenters. The van der Waals surface area contributed by atoms with Gasteiger partial charge < -0.3 is 10.1 Å². The number of anilines is 1. The van der Waals surface area contributed by atoms with E-state index in [-0.39, 0.29) is 11.8 Å². The van der Waals surface area contributed by atoms with Crippen LogP contribution in [0.1, 0.15) is 16.7 Å². The van der Waals surface area contributed by atoms with E-state index in [4.69, 9.17) is 4.74 Å². The highest BCUT2D eigenvalue weighted by molar-refractivity contribution is 5.37. The lowest BCUT2D eigenvalue weighted by atomic mass is 10.1. The Morgan fingerprint density at radius 3 is 2.52 bits per heavy atom. The Balaban J connectivity index is 1.57. The second-order valence-corrected chi connectivity index (χ2v) is 5.77. The van der Waals surface area contributed by atoms with Gasteiger partial charge in [0.15, 0.2) is 11.6 Å². The lowest BCUT2D eigenvalue weighted by molar-refractivity contribution is 0.295. The van der Waals surface area contributed by atoms with Crippen LogP contribution >= 0.6 is 0 Å². The third-order valence-electron chi connectivity index (χ3n) is 3.77. The van der Waals surface area contributed by atoms with Gasteiger partial charge in [-0.1, -0.05) is 60.2 Å². The van der Waals surface area contributed by atoms with Crippen molar-refractivity contribution in [3.8, 4) is 6.01 Å². The van der Waals surface area contributed by atoms with Gasteiger partial charge in [0.05, 0.1) is 12.8 Å². The maximum Gasteiger partial charge on any atom is 0.318 e. The highest BCUT2D eigenvalue weighted by Gasteiger charge is 2.08. The molecule has 0 radical (unpaired) electrons. The van der Waals surface area contributed by atoms with Crippen molar-refractivity contribution >= 4 is 5.82 Å². The molecule has 0 aliphatic rings. The Morgan fingerprint density at radius 1 is 1.00 bits per heavy atom. The van der Waals surface area contributed by atoms with Crippen molar-refractivity contribution < 1.29 is 9.13 Å². The fraction of sp³-hybridized carbons (Fsp3) is 0.200. The van der Waals surface area contributed by atoms with Crippen molar-refractivity contribution in [3.05, 3.63) is 83.3 Å². The topological polar surface area (TPSA) is 47.0 Å². The minimum atomic E-state index is -0.498. The monoisotopic (exact) mass is 337 g/mol.